The number of carbonyl (C=O) groups excluding carboxylic acids is 1. The lowest BCUT2D eigenvalue weighted by molar-refractivity contribution is 0.171. The Kier molecular flexibility index (Phi) is 8.81. The fraction of sp³-hybridized carbons (Fsp3) is 0.667. The van der Waals surface area contributed by atoms with Gasteiger partial charge in [0.25, 0.3) is 0 Å². The smallest absolute Gasteiger partial charge is 0.318 e. The maximum Gasteiger partial charge on any atom is 0.318 e. The second-order valence-electron chi connectivity index (χ2n) is 8.30. The van der Waals surface area contributed by atoms with Crippen LogP contribution in [0, 0.1) is 0 Å². The van der Waals surface area contributed by atoms with Gasteiger partial charge in [0.2, 0.25) is 0 Å². The molecule has 0 radical (unpaired) electrons. The summed E-state index contributed by atoms with van der Waals surface area (Å²) in [7, 11) is -3.69. The van der Waals surface area contributed by atoms with E-state index in [9.17, 15) is 13.2 Å². The van der Waals surface area contributed by atoms with Crippen LogP contribution in [0.3, 0.4) is 0 Å². The standard InChI is InChI=1S/C21H37N3O4S/c1-9-23(10-2)18-13-12-17(19(14-18)28-29(26,27)11-3)15-24(16(4)5)20(25)22-21(6,7)8/h12-14,16H,9-11,15H2,1-8H3,(H,22,25). The highest BCUT2D eigenvalue weighted by Gasteiger charge is 2.24. The van der Waals surface area contributed by atoms with Gasteiger partial charge in [-0.2, -0.15) is 8.42 Å². The zero-order valence-electron chi connectivity index (χ0n) is 19.1. The fourth-order valence-corrected chi connectivity index (χ4v) is 3.34. The topological polar surface area (TPSA) is 79.0 Å². The molecule has 0 saturated carbocycles. The van der Waals surface area contributed by atoms with Crippen molar-refractivity contribution in [1.82, 2.24) is 10.2 Å². The molecular weight excluding hydrogens is 390 g/mol. The van der Waals surface area contributed by atoms with Crippen LogP contribution in [0.2, 0.25) is 0 Å². The maximum atomic E-state index is 12.8. The number of nitrogens with zero attached hydrogens (tertiary/aromatic N) is 2. The normalized spacial score (nSPS) is 12.0. The molecule has 0 unspecified atom stereocenters. The fourth-order valence-electron chi connectivity index (χ4n) is 2.80. The molecule has 0 saturated heterocycles. The van der Waals surface area contributed by atoms with Crippen molar-refractivity contribution < 1.29 is 17.4 Å². The zero-order chi connectivity index (χ0) is 22.4. The molecule has 1 aromatic rings. The largest absolute Gasteiger partial charge is 0.382 e. The van der Waals surface area contributed by atoms with Crippen molar-refractivity contribution in [3.05, 3.63) is 23.8 Å². The van der Waals surface area contributed by atoms with Gasteiger partial charge in [0.1, 0.15) is 5.75 Å². The van der Waals surface area contributed by atoms with Crippen molar-refractivity contribution in [2.45, 2.75) is 73.5 Å². The van der Waals surface area contributed by atoms with Crippen LogP contribution < -0.4 is 14.4 Å². The number of rotatable bonds is 9. The van der Waals surface area contributed by atoms with Crippen LogP contribution in [0.5, 0.6) is 5.75 Å². The lowest BCUT2D eigenvalue weighted by Crippen LogP contribution is -2.50. The Bertz CT molecular complexity index is 782. The van der Waals surface area contributed by atoms with Crippen LogP contribution in [0.4, 0.5) is 10.5 Å². The Labute approximate surface area is 176 Å². The zero-order valence-corrected chi connectivity index (χ0v) is 19.9. The van der Waals surface area contributed by atoms with Crippen LogP contribution in [0.1, 0.15) is 61.0 Å². The van der Waals surface area contributed by atoms with E-state index in [2.05, 4.69) is 10.2 Å². The van der Waals surface area contributed by atoms with E-state index < -0.39 is 10.1 Å². The Morgan fingerprint density at radius 1 is 1.14 bits per heavy atom. The van der Waals surface area contributed by atoms with Crippen molar-refractivity contribution in [1.29, 1.82) is 0 Å². The van der Waals surface area contributed by atoms with Gasteiger partial charge >= 0.3 is 16.1 Å². The Morgan fingerprint density at radius 2 is 1.72 bits per heavy atom. The average molecular weight is 428 g/mol. The van der Waals surface area contributed by atoms with Crippen molar-refractivity contribution in [2.75, 3.05) is 23.7 Å². The van der Waals surface area contributed by atoms with Gasteiger partial charge in [-0.05, 0) is 61.5 Å². The molecule has 0 aliphatic carbocycles. The number of urea groups is 1. The SMILES string of the molecule is CCN(CC)c1ccc(CN(C(=O)NC(C)(C)C)C(C)C)c(OS(=O)(=O)CC)c1. The van der Waals surface area contributed by atoms with Crippen molar-refractivity contribution in [2.24, 2.45) is 0 Å². The van der Waals surface area contributed by atoms with Crippen molar-refractivity contribution >= 4 is 21.8 Å². The molecule has 1 rings (SSSR count). The molecule has 2 amide bonds. The molecule has 0 aromatic heterocycles. The lowest BCUT2D eigenvalue weighted by Gasteiger charge is -2.32. The van der Waals surface area contributed by atoms with E-state index in [-0.39, 0.29) is 35.7 Å². The summed E-state index contributed by atoms with van der Waals surface area (Å²) >= 11 is 0. The molecule has 0 atom stereocenters. The predicted octanol–water partition coefficient (Wildman–Crippen LogP) is 3.98. The van der Waals surface area contributed by atoms with E-state index >= 15 is 0 Å². The minimum absolute atomic E-state index is 0.0737. The first kappa shape index (κ1) is 25.1. The Balaban J connectivity index is 3.34. The second-order valence-corrected chi connectivity index (χ2v) is 10.2. The third kappa shape index (κ3) is 7.76. The summed E-state index contributed by atoms with van der Waals surface area (Å²) in [6, 6.07) is 5.25. The molecule has 1 aromatic carbocycles. The molecule has 0 aliphatic rings. The van der Waals surface area contributed by atoms with Gasteiger partial charge in [-0.25, -0.2) is 4.79 Å². The summed E-state index contributed by atoms with van der Waals surface area (Å²) in [6.07, 6.45) is 0. The highest BCUT2D eigenvalue weighted by molar-refractivity contribution is 7.87. The quantitative estimate of drug-likeness (QED) is 0.603. The first-order valence-corrected chi connectivity index (χ1v) is 11.8. The minimum Gasteiger partial charge on any atom is -0.382 e. The third-order valence-corrected chi connectivity index (χ3v) is 5.60. The second kappa shape index (κ2) is 10.2. The Morgan fingerprint density at radius 3 is 2.17 bits per heavy atom. The minimum atomic E-state index is -3.69. The van der Waals surface area contributed by atoms with Crippen molar-refractivity contribution in [3.63, 3.8) is 0 Å². The average Bonchev–Trinajstić information content (AvgIpc) is 2.59. The number of carbonyl (C=O) groups is 1. The Hall–Kier alpha value is -1.96. The van der Waals surface area contributed by atoms with E-state index in [4.69, 9.17) is 4.18 Å². The van der Waals surface area contributed by atoms with Gasteiger partial charge in [-0.15, -0.1) is 0 Å². The summed E-state index contributed by atoms with van der Waals surface area (Å²) in [5.41, 5.74) is 1.16. The molecule has 29 heavy (non-hydrogen) atoms. The maximum absolute atomic E-state index is 12.8. The van der Waals surface area contributed by atoms with E-state index in [1.165, 1.54) is 0 Å². The summed E-state index contributed by atoms with van der Waals surface area (Å²) in [6.45, 7) is 17.1. The summed E-state index contributed by atoms with van der Waals surface area (Å²) < 4.78 is 29.7. The molecule has 0 heterocycles. The first-order chi connectivity index (χ1) is 13.3. The monoisotopic (exact) mass is 427 g/mol. The molecule has 0 bridgehead atoms. The number of anilines is 1. The van der Waals surface area contributed by atoms with Crippen molar-refractivity contribution in [3.8, 4) is 5.75 Å². The molecule has 166 valence electrons. The number of benzene rings is 1. The highest BCUT2D eigenvalue weighted by atomic mass is 32.2. The number of nitrogens with one attached hydrogen (secondary N) is 1. The van der Waals surface area contributed by atoms with Gasteiger partial charge < -0.3 is 19.3 Å². The molecule has 1 N–H and O–H groups in total. The molecule has 8 heteroatoms. The summed E-state index contributed by atoms with van der Waals surface area (Å²) in [4.78, 5) is 16.6. The molecule has 0 aliphatic heterocycles. The van der Waals surface area contributed by atoms with Crippen LogP contribution >= 0.6 is 0 Å². The van der Waals surface area contributed by atoms with Gasteiger partial charge in [-0.1, -0.05) is 6.07 Å². The van der Waals surface area contributed by atoms with E-state index in [1.54, 1.807) is 17.9 Å². The van der Waals surface area contributed by atoms with Crippen LogP contribution in [-0.2, 0) is 16.7 Å². The molecular formula is C21H37N3O4S. The van der Waals surface area contributed by atoms with Crippen LogP contribution in [0.25, 0.3) is 0 Å². The molecule has 7 nitrogen and oxygen atoms in total. The summed E-state index contributed by atoms with van der Waals surface area (Å²) in [5.74, 6) is 0.144. The van der Waals surface area contributed by atoms with E-state index in [0.717, 1.165) is 18.8 Å². The number of hydrogen-bond acceptors (Lipinski definition) is 5. The first-order valence-electron chi connectivity index (χ1n) is 10.2. The van der Waals surface area contributed by atoms with Gasteiger partial charge in [-0.3, -0.25) is 0 Å². The predicted molar refractivity (Wildman–Crippen MR) is 119 cm³/mol. The number of amides is 2. The molecule has 0 spiro atoms. The molecule has 0 fully saturated rings. The van der Waals surface area contributed by atoms with E-state index in [0.29, 0.717) is 5.56 Å². The lowest BCUT2D eigenvalue weighted by atomic mass is 10.1. The van der Waals surface area contributed by atoms with Gasteiger partial charge in [0.05, 0.1) is 12.3 Å². The highest BCUT2D eigenvalue weighted by Crippen LogP contribution is 2.29. The third-order valence-electron chi connectivity index (χ3n) is 4.46. The summed E-state index contributed by atoms with van der Waals surface area (Å²) in [5, 5.41) is 2.97. The van der Waals surface area contributed by atoms with Crippen LogP contribution in [0.15, 0.2) is 18.2 Å². The van der Waals surface area contributed by atoms with Crippen LogP contribution in [-0.4, -0.2) is 49.8 Å². The van der Waals surface area contributed by atoms with E-state index in [1.807, 2.05) is 60.6 Å². The van der Waals surface area contributed by atoms with Gasteiger partial charge in [0.15, 0.2) is 0 Å². The number of hydrogen-bond donors (Lipinski definition) is 1. The van der Waals surface area contributed by atoms with Gasteiger partial charge in [0, 0.05) is 42.0 Å².